The standard InChI is InChI=1S/C12H16N2O2/c1-8-6-10(13)11(7-9(8)2)14-4-3-5-16-12(14)15/h6-7H,3-5,13H2,1-2H3. The van der Waals surface area contributed by atoms with Gasteiger partial charge in [-0.05, 0) is 43.5 Å². The maximum Gasteiger partial charge on any atom is 0.414 e. The van der Waals surface area contributed by atoms with Crippen LogP contribution in [0.5, 0.6) is 0 Å². The molecule has 2 N–H and O–H groups in total. The molecule has 16 heavy (non-hydrogen) atoms. The Kier molecular flexibility index (Phi) is 2.73. The molecule has 1 aliphatic rings. The van der Waals surface area contributed by atoms with Gasteiger partial charge in [0.15, 0.2) is 0 Å². The fourth-order valence-electron chi connectivity index (χ4n) is 1.83. The fourth-order valence-corrected chi connectivity index (χ4v) is 1.83. The molecule has 4 nitrogen and oxygen atoms in total. The minimum atomic E-state index is -0.304. The number of aryl methyl sites for hydroxylation is 2. The van der Waals surface area contributed by atoms with Crippen molar-refractivity contribution in [2.45, 2.75) is 20.3 Å². The SMILES string of the molecule is Cc1cc(N)c(N2CCCOC2=O)cc1C. The summed E-state index contributed by atoms with van der Waals surface area (Å²) in [6.45, 7) is 5.18. The van der Waals surface area contributed by atoms with Gasteiger partial charge in [-0.25, -0.2) is 4.79 Å². The molecule has 0 atom stereocenters. The highest BCUT2D eigenvalue weighted by atomic mass is 16.6. The van der Waals surface area contributed by atoms with E-state index in [1.54, 1.807) is 4.90 Å². The van der Waals surface area contributed by atoms with Crippen LogP contribution in [-0.2, 0) is 4.74 Å². The van der Waals surface area contributed by atoms with Crippen molar-refractivity contribution in [2.75, 3.05) is 23.8 Å². The van der Waals surface area contributed by atoms with E-state index in [2.05, 4.69) is 0 Å². The van der Waals surface area contributed by atoms with E-state index in [1.165, 1.54) is 0 Å². The Bertz CT molecular complexity index is 429. The van der Waals surface area contributed by atoms with Crippen LogP contribution in [0.25, 0.3) is 0 Å². The number of cyclic esters (lactones) is 1. The molecule has 1 heterocycles. The molecular weight excluding hydrogens is 204 g/mol. The molecule has 0 aromatic heterocycles. The molecule has 2 rings (SSSR count). The van der Waals surface area contributed by atoms with Crippen molar-refractivity contribution in [3.8, 4) is 0 Å². The molecule has 86 valence electrons. The third-order valence-electron chi connectivity index (χ3n) is 2.91. The minimum Gasteiger partial charge on any atom is -0.449 e. The van der Waals surface area contributed by atoms with E-state index in [1.807, 2.05) is 26.0 Å². The zero-order valence-corrected chi connectivity index (χ0v) is 9.62. The predicted octanol–water partition coefficient (Wildman–Crippen LogP) is 2.23. The van der Waals surface area contributed by atoms with Gasteiger partial charge in [-0.1, -0.05) is 0 Å². The van der Waals surface area contributed by atoms with Gasteiger partial charge in [0.1, 0.15) is 0 Å². The number of carbonyl (C=O) groups is 1. The first-order valence-corrected chi connectivity index (χ1v) is 5.40. The van der Waals surface area contributed by atoms with Crippen molar-refractivity contribution in [2.24, 2.45) is 0 Å². The molecule has 0 unspecified atom stereocenters. The van der Waals surface area contributed by atoms with Crippen molar-refractivity contribution in [3.05, 3.63) is 23.3 Å². The van der Waals surface area contributed by atoms with E-state index >= 15 is 0 Å². The Hall–Kier alpha value is -1.71. The largest absolute Gasteiger partial charge is 0.449 e. The van der Waals surface area contributed by atoms with Gasteiger partial charge in [0, 0.05) is 6.54 Å². The average molecular weight is 220 g/mol. The highest BCUT2D eigenvalue weighted by Gasteiger charge is 2.23. The van der Waals surface area contributed by atoms with Crippen molar-refractivity contribution < 1.29 is 9.53 Å². The zero-order valence-electron chi connectivity index (χ0n) is 9.62. The molecule has 1 aromatic rings. The number of hydrogen-bond donors (Lipinski definition) is 1. The number of ether oxygens (including phenoxy) is 1. The van der Waals surface area contributed by atoms with Crippen molar-refractivity contribution in [3.63, 3.8) is 0 Å². The maximum atomic E-state index is 11.6. The van der Waals surface area contributed by atoms with Gasteiger partial charge in [0.05, 0.1) is 18.0 Å². The van der Waals surface area contributed by atoms with Gasteiger partial charge in [-0.2, -0.15) is 0 Å². The zero-order chi connectivity index (χ0) is 11.7. The summed E-state index contributed by atoms with van der Waals surface area (Å²) in [4.78, 5) is 13.2. The summed E-state index contributed by atoms with van der Waals surface area (Å²) >= 11 is 0. The molecule has 0 saturated carbocycles. The average Bonchev–Trinajstić information content (AvgIpc) is 2.25. The van der Waals surface area contributed by atoms with Crippen molar-refractivity contribution in [1.82, 2.24) is 0 Å². The lowest BCUT2D eigenvalue weighted by molar-refractivity contribution is 0.140. The monoisotopic (exact) mass is 220 g/mol. The van der Waals surface area contributed by atoms with Crippen LogP contribution >= 0.6 is 0 Å². The third kappa shape index (κ3) is 1.83. The summed E-state index contributed by atoms with van der Waals surface area (Å²) in [5.74, 6) is 0. The summed E-state index contributed by atoms with van der Waals surface area (Å²) in [6, 6.07) is 3.84. The van der Waals surface area contributed by atoms with E-state index in [0.717, 1.165) is 23.2 Å². The molecule has 1 fully saturated rings. The number of rotatable bonds is 1. The highest BCUT2D eigenvalue weighted by molar-refractivity contribution is 5.92. The summed E-state index contributed by atoms with van der Waals surface area (Å²) in [7, 11) is 0. The molecule has 0 spiro atoms. The van der Waals surface area contributed by atoms with E-state index in [4.69, 9.17) is 10.5 Å². The van der Waals surface area contributed by atoms with Gasteiger partial charge in [0.25, 0.3) is 0 Å². The Morgan fingerprint density at radius 1 is 1.31 bits per heavy atom. The van der Waals surface area contributed by atoms with E-state index < -0.39 is 0 Å². The molecule has 0 aliphatic carbocycles. The quantitative estimate of drug-likeness (QED) is 0.738. The van der Waals surface area contributed by atoms with Crippen LogP contribution in [0.1, 0.15) is 17.5 Å². The number of anilines is 2. The predicted molar refractivity (Wildman–Crippen MR) is 63.6 cm³/mol. The van der Waals surface area contributed by atoms with Gasteiger partial charge >= 0.3 is 6.09 Å². The maximum absolute atomic E-state index is 11.6. The summed E-state index contributed by atoms with van der Waals surface area (Å²) in [5.41, 5.74) is 9.58. The van der Waals surface area contributed by atoms with Gasteiger partial charge < -0.3 is 10.5 Å². The molecule has 1 aromatic carbocycles. The normalized spacial score (nSPS) is 16.1. The first-order valence-electron chi connectivity index (χ1n) is 5.40. The first-order chi connectivity index (χ1) is 7.59. The van der Waals surface area contributed by atoms with E-state index in [9.17, 15) is 4.79 Å². The minimum absolute atomic E-state index is 0.304. The molecule has 4 heteroatoms. The van der Waals surface area contributed by atoms with Crippen molar-refractivity contribution >= 4 is 17.5 Å². The molecule has 0 bridgehead atoms. The second kappa shape index (κ2) is 4.04. The van der Waals surface area contributed by atoms with Crippen LogP contribution in [0.3, 0.4) is 0 Å². The number of nitrogen functional groups attached to an aromatic ring is 1. The topological polar surface area (TPSA) is 55.6 Å². The third-order valence-corrected chi connectivity index (χ3v) is 2.91. The van der Waals surface area contributed by atoms with Crippen LogP contribution in [0, 0.1) is 13.8 Å². The second-order valence-corrected chi connectivity index (χ2v) is 4.11. The van der Waals surface area contributed by atoms with Gasteiger partial charge in [0.2, 0.25) is 0 Å². The van der Waals surface area contributed by atoms with Crippen LogP contribution in [0.15, 0.2) is 12.1 Å². The molecule has 1 aliphatic heterocycles. The lowest BCUT2D eigenvalue weighted by atomic mass is 10.1. The van der Waals surface area contributed by atoms with Crippen molar-refractivity contribution in [1.29, 1.82) is 0 Å². The van der Waals surface area contributed by atoms with E-state index in [-0.39, 0.29) is 6.09 Å². The number of amides is 1. The Morgan fingerprint density at radius 3 is 2.69 bits per heavy atom. The Morgan fingerprint density at radius 2 is 2.00 bits per heavy atom. The lowest BCUT2D eigenvalue weighted by Crippen LogP contribution is -2.38. The lowest BCUT2D eigenvalue weighted by Gasteiger charge is -2.27. The summed E-state index contributed by atoms with van der Waals surface area (Å²) < 4.78 is 5.00. The molecular formula is C12H16N2O2. The highest BCUT2D eigenvalue weighted by Crippen LogP contribution is 2.28. The number of carbonyl (C=O) groups excluding carboxylic acids is 1. The van der Waals surface area contributed by atoms with E-state index in [0.29, 0.717) is 18.8 Å². The summed E-state index contributed by atoms with van der Waals surface area (Å²) in [6.07, 6.45) is 0.541. The Labute approximate surface area is 95.0 Å². The Balaban J connectivity index is 2.39. The number of hydrogen-bond acceptors (Lipinski definition) is 3. The number of benzene rings is 1. The van der Waals surface area contributed by atoms with Crippen LogP contribution < -0.4 is 10.6 Å². The molecule has 1 saturated heterocycles. The van der Waals surface area contributed by atoms with Gasteiger partial charge in [-0.3, -0.25) is 4.90 Å². The van der Waals surface area contributed by atoms with Crippen LogP contribution in [0.2, 0.25) is 0 Å². The van der Waals surface area contributed by atoms with Gasteiger partial charge in [-0.15, -0.1) is 0 Å². The molecule has 0 radical (unpaired) electrons. The number of nitrogens with two attached hydrogens (primary N) is 1. The van der Waals surface area contributed by atoms with Crippen LogP contribution in [0.4, 0.5) is 16.2 Å². The summed E-state index contributed by atoms with van der Waals surface area (Å²) in [5, 5.41) is 0. The van der Waals surface area contributed by atoms with Crippen LogP contribution in [-0.4, -0.2) is 19.2 Å². The molecule has 1 amide bonds. The first kappa shape index (κ1) is 10.8. The fraction of sp³-hybridized carbons (Fsp3) is 0.417. The smallest absolute Gasteiger partial charge is 0.414 e. The second-order valence-electron chi connectivity index (χ2n) is 4.11. The number of nitrogens with zero attached hydrogens (tertiary/aromatic N) is 1.